The highest BCUT2D eigenvalue weighted by molar-refractivity contribution is 7.85. The van der Waals surface area contributed by atoms with Crippen LogP contribution in [0.2, 0.25) is 0 Å². The van der Waals surface area contributed by atoms with Crippen LogP contribution < -0.4 is 0 Å². The van der Waals surface area contributed by atoms with E-state index in [1.54, 1.807) is 18.2 Å². The van der Waals surface area contributed by atoms with Crippen LogP contribution in [0.25, 0.3) is 10.8 Å². The Bertz CT molecular complexity index is 590. The molecule has 0 unspecified atom stereocenters. The molecule has 0 aliphatic carbocycles. The maximum atomic E-state index is 10.7. The van der Waals surface area contributed by atoms with E-state index in [2.05, 4.69) is 0 Å². The summed E-state index contributed by atoms with van der Waals surface area (Å²) in [6.45, 7) is 2.00. The van der Waals surface area contributed by atoms with Gasteiger partial charge in [0.2, 0.25) is 0 Å². The third kappa shape index (κ3) is 2.65. The zero-order chi connectivity index (χ0) is 12.2. The predicted molar refractivity (Wildman–Crippen MR) is 59.0 cm³/mol. The van der Waals surface area contributed by atoms with Crippen molar-refractivity contribution in [1.82, 2.24) is 0 Å². The average molecular weight is 237 g/mol. The predicted octanol–water partition coefficient (Wildman–Crippen LogP) is 1.56. The van der Waals surface area contributed by atoms with E-state index in [0.717, 1.165) is 10.8 Å². The summed E-state index contributed by atoms with van der Waals surface area (Å²) < 4.78 is 32.2. The fourth-order valence-electron chi connectivity index (χ4n) is 1.32. The molecule has 5 heteroatoms. The Labute approximate surface area is 93.3 Å². The molecule has 0 spiro atoms. The summed E-state index contributed by atoms with van der Waals surface area (Å²) in [7, 11) is -4.34. The Morgan fingerprint density at radius 2 is 1.50 bits per heavy atom. The number of hydrogen-bond acceptors (Lipinski definition) is 4. The smallest absolute Gasteiger partial charge is 0.124 e. The Balaban J connectivity index is 0.000000606. The minimum Gasteiger partial charge on any atom is -0.744 e. The van der Waals surface area contributed by atoms with Crippen LogP contribution >= 0.6 is 0 Å². The SMILES string of the molecule is C=O.O=S(=O)([O-])c1ccc2ccccc2c1. The molecule has 2 rings (SSSR count). The minimum absolute atomic E-state index is 0.184. The monoisotopic (exact) mass is 237 g/mol. The molecule has 84 valence electrons. The quantitative estimate of drug-likeness (QED) is 0.705. The van der Waals surface area contributed by atoms with Gasteiger partial charge in [-0.15, -0.1) is 0 Å². The van der Waals surface area contributed by atoms with Crippen LogP contribution in [-0.2, 0) is 14.9 Å². The van der Waals surface area contributed by atoms with Crippen molar-refractivity contribution in [3.05, 3.63) is 42.5 Å². The highest BCUT2D eigenvalue weighted by Gasteiger charge is 2.01. The van der Waals surface area contributed by atoms with Crippen LogP contribution in [0.4, 0.5) is 0 Å². The Morgan fingerprint density at radius 3 is 2.06 bits per heavy atom. The van der Waals surface area contributed by atoms with Crippen LogP contribution in [0.5, 0.6) is 0 Å². The van der Waals surface area contributed by atoms with Crippen molar-refractivity contribution in [2.24, 2.45) is 0 Å². The number of rotatable bonds is 1. The molecular weight excluding hydrogens is 228 g/mol. The third-order valence-electron chi connectivity index (χ3n) is 2.01. The Morgan fingerprint density at radius 1 is 0.938 bits per heavy atom. The maximum Gasteiger partial charge on any atom is 0.124 e. The molecule has 2 aromatic rings. The normalized spacial score (nSPS) is 10.6. The molecule has 0 saturated heterocycles. The lowest BCUT2D eigenvalue weighted by atomic mass is 10.1. The maximum absolute atomic E-state index is 10.7. The lowest BCUT2D eigenvalue weighted by molar-refractivity contribution is -0.0979. The van der Waals surface area contributed by atoms with E-state index < -0.39 is 10.1 Å². The highest BCUT2D eigenvalue weighted by atomic mass is 32.2. The number of fused-ring (bicyclic) bond motifs is 1. The van der Waals surface area contributed by atoms with Crippen molar-refractivity contribution in [2.45, 2.75) is 4.90 Å². The molecule has 4 nitrogen and oxygen atoms in total. The van der Waals surface area contributed by atoms with Crippen molar-refractivity contribution in [3.8, 4) is 0 Å². The first-order valence-corrected chi connectivity index (χ1v) is 5.72. The summed E-state index contributed by atoms with van der Waals surface area (Å²) in [5.41, 5.74) is 0. The standard InChI is InChI=1S/C10H8O3S.CH2O/c11-14(12,13)10-6-5-8-3-1-2-4-9(8)7-10;1-2/h1-7H,(H,11,12,13);1H2/p-1. The van der Waals surface area contributed by atoms with Gasteiger partial charge in [-0.05, 0) is 22.9 Å². The van der Waals surface area contributed by atoms with Crippen LogP contribution in [0.3, 0.4) is 0 Å². The first-order chi connectivity index (χ1) is 7.57. The van der Waals surface area contributed by atoms with Gasteiger partial charge in [0.1, 0.15) is 16.9 Å². The van der Waals surface area contributed by atoms with Crippen molar-refractivity contribution in [3.63, 3.8) is 0 Å². The largest absolute Gasteiger partial charge is 0.744 e. The van der Waals surface area contributed by atoms with Gasteiger partial charge in [0, 0.05) is 0 Å². The highest BCUT2D eigenvalue weighted by Crippen LogP contribution is 2.18. The third-order valence-corrected chi connectivity index (χ3v) is 2.84. The molecular formula is C11H9O4S-. The van der Waals surface area contributed by atoms with E-state index in [9.17, 15) is 13.0 Å². The summed E-state index contributed by atoms with van der Waals surface area (Å²) in [6.07, 6.45) is 0. The Kier molecular flexibility index (Phi) is 3.76. The molecule has 0 amide bonds. The molecule has 0 aliphatic rings. The van der Waals surface area contributed by atoms with E-state index in [-0.39, 0.29) is 4.90 Å². The van der Waals surface area contributed by atoms with E-state index in [1.165, 1.54) is 12.1 Å². The second kappa shape index (κ2) is 4.87. The average Bonchev–Trinajstić information content (AvgIpc) is 2.30. The van der Waals surface area contributed by atoms with Gasteiger partial charge in [-0.2, -0.15) is 0 Å². The lowest BCUT2D eigenvalue weighted by Gasteiger charge is -2.07. The molecule has 2 aromatic carbocycles. The molecule has 0 aliphatic heterocycles. The number of hydrogen-bond donors (Lipinski definition) is 0. The molecule has 0 fully saturated rings. The summed E-state index contributed by atoms with van der Waals surface area (Å²) >= 11 is 0. The van der Waals surface area contributed by atoms with E-state index in [4.69, 9.17) is 4.79 Å². The van der Waals surface area contributed by atoms with Gasteiger partial charge in [-0.3, -0.25) is 0 Å². The van der Waals surface area contributed by atoms with Crippen molar-refractivity contribution >= 4 is 27.7 Å². The molecule has 0 atom stereocenters. The first kappa shape index (κ1) is 12.4. The van der Waals surface area contributed by atoms with E-state index in [1.807, 2.05) is 18.9 Å². The van der Waals surface area contributed by atoms with Crippen LogP contribution in [-0.4, -0.2) is 19.8 Å². The van der Waals surface area contributed by atoms with Gasteiger partial charge in [-0.1, -0.05) is 30.3 Å². The molecule has 0 N–H and O–H groups in total. The topological polar surface area (TPSA) is 74.3 Å². The van der Waals surface area contributed by atoms with Crippen molar-refractivity contribution in [2.75, 3.05) is 0 Å². The fourth-order valence-corrected chi connectivity index (χ4v) is 1.83. The number of benzene rings is 2. The van der Waals surface area contributed by atoms with Gasteiger partial charge in [-0.25, -0.2) is 8.42 Å². The van der Waals surface area contributed by atoms with Gasteiger partial charge in [0.25, 0.3) is 0 Å². The molecule has 16 heavy (non-hydrogen) atoms. The van der Waals surface area contributed by atoms with Crippen molar-refractivity contribution in [1.29, 1.82) is 0 Å². The summed E-state index contributed by atoms with van der Waals surface area (Å²) in [4.78, 5) is 7.82. The van der Waals surface area contributed by atoms with Crippen LogP contribution in [0.15, 0.2) is 47.4 Å². The summed E-state index contributed by atoms with van der Waals surface area (Å²) in [5, 5.41) is 1.67. The fraction of sp³-hybridized carbons (Fsp3) is 0. The van der Waals surface area contributed by atoms with Crippen LogP contribution in [0, 0.1) is 0 Å². The molecule has 0 heterocycles. The number of carbonyl (C=O) groups excluding carboxylic acids is 1. The molecule has 0 aromatic heterocycles. The van der Waals surface area contributed by atoms with Gasteiger partial charge in [0.05, 0.1) is 4.90 Å². The second-order valence-corrected chi connectivity index (χ2v) is 4.34. The molecule has 0 radical (unpaired) electrons. The second-order valence-electron chi connectivity index (χ2n) is 2.96. The van der Waals surface area contributed by atoms with E-state index >= 15 is 0 Å². The van der Waals surface area contributed by atoms with Crippen LogP contribution in [0.1, 0.15) is 0 Å². The molecule has 0 saturated carbocycles. The summed E-state index contributed by atoms with van der Waals surface area (Å²) in [5.74, 6) is 0. The Hall–Kier alpha value is -1.72. The van der Waals surface area contributed by atoms with Gasteiger partial charge in [0.15, 0.2) is 0 Å². The van der Waals surface area contributed by atoms with Crippen molar-refractivity contribution < 1.29 is 17.8 Å². The lowest BCUT2D eigenvalue weighted by Crippen LogP contribution is -1.97. The number of carbonyl (C=O) groups is 1. The van der Waals surface area contributed by atoms with E-state index in [0.29, 0.717) is 0 Å². The van der Waals surface area contributed by atoms with Gasteiger partial charge >= 0.3 is 0 Å². The first-order valence-electron chi connectivity index (χ1n) is 4.31. The minimum atomic E-state index is -4.34. The zero-order valence-electron chi connectivity index (χ0n) is 8.29. The summed E-state index contributed by atoms with van der Waals surface area (Å²) in [6, 6.07) is 11.6. The van der Waals surface area contributed by atoms with Gasteiger partial charge < -0.3 is 9.35 Å². The molecule has 0 bridgehead atoms. The zero-order valence-corrected chi connectivity index (χ0v) is 9.11.